The van der Waals surface area contributed by atoms with E-state index in [4.69, 9.17) is 4.74 Å². The number of thioether (sulfide) groups is 1. The molecule has 0 radical (unpaired) electrons. The number of anilines is 1. The summed E-state index contributed by atoms with van der Waals surface area (Å²) in [6.07, 6.45) is 6.50. The van der Waals surface area contributed by atoms with Crippen LogP contribution in [-0.2, 0) is 4.79 Å². The number of aromatic amines is 1. The number of carbonyl (C=O) groups is 1. The number of benzene rings is 1. The maximum Gasteiger partial charge on any atom is 0.240 e. The van der Waals surface area contributed by atoms with Crippen molar-refractivity contribution in [2.24, 2.45) is 34.7 Å². The summed E-state index contributed by atoms with van der Waals surface area (Å²) in [5, 5.41) is 12.0. The van der Waals surface area contributed by atoms with E-state index in [1.54, 1.807) is 7.11 Å². The molecule has 0 amide bonds. The highest BCUT2D eigenvalue weighted by Crippen LogP contribution is 2.56. The second-order valence-electron chi connectivity index (χ2n) is 9.22. The van der Waals surface area contributed by atoms with Crippen molar-refractivity contribution in [3.05, 3.63) is 29.8 Å². The molecule has 8 heteroatoms. The Morgan fingerprint density at radius 2 is 1.84 bits per heavy atom. The van der Waals surface area contributed by atoms with Gasteiger partial charge in [0.05, 0.1) is 18.6 Å². The zero-order valence-corrected chi connectivity index (χ0v) is 18.8. The summed E-state index contributed by atoms with van der Waals surface area (Å²) in [7, 11) is 1.65. The van der Waals surface area contributed by atoms with Crippen molar-refractivity contribution in [2.45, 2.75) is 44.2 Å². The first-order valence-corrected chi connectivity index (χ1v) is 12.1. The summed E-state index contributed by atoms with van der Waals surface area (Å²) in [4.78, 5) is 17.4. The number of ketones is 1. The lowest BCUT2D eigenvalue weighted by Crippen LogP contribution is -2.48. The lowest BCUT2D eigenvalue weighted by atomic mass is 9.51. The first kappa shape index (κ1) is 20.5. The number of ether oxygens (including phenoxy) is 1. The number of H-pyrrole nitrogens is 1. The predicted molar refractivity (Wildman–Crippen MR) is 121 cm³/mol. The van der Waals surface area contributed by atoms with Crippen LogP contribution in [0.25, 0.3) is 0 Å². The fraction of sp³-hybridized carbons (Fsp3) is 0.565. The van der Waals surface area contributed by atoms with Crippen LogP contribution in [0.1, 0.15) is 44.6 Å². The summed E-state index contributed by atoms with van der Waals surface area (Å²) in [6.45, 7) is 1.92. The largest absolute Gasteiger partial charge is 0.497 e. The molecule has 1 aromatic heterocycles. The molecule has 0 atom stereocenters. The number of Topliss-reactive ketones (excluding diaryl/α,β-unsaturated/α-hetero) is 1. The first-order valence-electron chi connectivity index (χ1n) is 11.1. The molecule has 2 N–H and O–H groups in total. The topological polar surface area (TPSA) is 92.3 Å². The molecule has 4 aliphatic carbocycles. The van der Waals surface area contributed by atoms with E-state index in [2.05, 4.69) is 25.7 Å². The Labute approximate surface area is 186 Å². The van der Waals surface area contributed by atoms with Crippen molar-refractivity contribution in [1.82, 2.24) is 15.2 Å². The van der Waals surface area contributed by atoms with Gasteiger partial charge in [-0.05, 0) is 92.5 Å². The second-order valence-corrected chi connectivity index (χ2v) is 10.2. The van der Waals surface area contributed by atoms with E-state index in [0.717, 1.165) is 28.9 Å². The van der Waals surface area contributed by atoms with Gasteiger partial charge in [0.1, 0.15) is 11.5 Å². The maximum absolute atomic E-state index is 13.0. The second kappa shape index (κ2) is 8.65. The fourth-order valence-electron chi connectivity index (χ4n) is 6.08. The number of nitrogens with zero attached hydrogens (tertiary/aromatic N) is 3. The van der Waals surface area contributed by atoms with Crippen molar-refractivity contribution in [1.29, 1.82) is 0 Å². The highest BCUT2D eigenvalue weighted by Gasteiger charge is 2.50. The standard InChI is InChI=1S/C23H29N5O2S/c1-13(16-3-5-19(30-2)6-4-16)25-26-22-24-23(28-27-22)31-12-20(29)21-17-8-14-7-15(10-17)11-18(21)9-14/h3-6,14-15,17-18,21H,7-12H2,1-2H3,(H2,24,26,27,28)/b25-13+. The van der Waals surface area contributed by atoms with Gasteiger partial charge in [0.15, 0.2) is 0 Å². The van der Waals surface area contributed by atoms with Gasteiger partial charge in [-0.25, -0.2) is 10.5 Å². The molecular weight excluding hydrogens is 410 g/mol. The number of aromatic nitrogens is 3. The Kier molecular flexibility index (Phi) is 5.73. The SMILES string of the molecule is COc1ccc(/C(C)=N/Nc2nc(SCC(=O)C3C4CC5CC(C4)CC3C5)n[nH]2)cc1. The molecule has 0 saturated heterocycles. The van der Waals surface area contributed by atoms with Gasteiger partial charge >= 0.3 is 0 Å². The molecule has 0 spiro atoms. The van der Waals surface area contributed by atoms with Crippen LogP contribution < -0.4 is 10.2 Å². The van der Waals surface area contributed by atoms with E-state index < -0.39 is 0 Å². The molecule has 4 bridgehead atoms. The van der Waals surface area contributed by atoms with Crippen LogP contribution in [0.15, 0.2) is 34.5 Å². The molecule has 164 valence electrons. The Hall–Kier alpha value is -2.35. The fourth-order valence-corrected chi connectivity index (χ4v) is 6.81. The lowest BCUT2D eigenvalue weighted by molar-refractivity contribution is -0.133. The molecule has 0 unspecified atom stereocenters. The Morgan fingerprint density at radius 1 is 1.16 bits per heavy atom. The predicted octanol–water partition coefficient (Wildman–Crippen LogP) is 4.38. The number of hydrogen-bond acceptors (Lipinski definition) is 7. The molecule has 4 fully saturated rings. The van der Waals surface area contributed by atoms with Crippen molar-refractivity contribution in [2.75, 3.05) is 18.3 Å². The first-order chi connectivity index (χ1) is 15.1. The normalized spacial score (nSPS) is 29.2. The molecule has 4 saturated carbocycles. The van der Waals surface area contributed by atoms with Gasteiger partial charge in [0, 0.05) is 5.92 Å². The highest BCUT2D eigenvalue weighted by molar-refractivity contribution is 7.99. The van der Waals surface area contributed by atoms with Crippen LogP contribution in [-0.4, -0.2) is 39.5 Å². The van der Waals surface area contributed by atoms with Crippen LogP contribution in [0, 0.1) is 29.6 Å². The van der Waals surface area contributed by atoms with Crippen LogP contribution in [0.4, 0.5) is 5.95 Å². The molecule has 7 nitrogen and oxygen atoms in total. The molecule has 0 aliphatic heterocycles. The van der Waals surface area contributed by atoms with Gasteiger partial charge in [-0.2, -0.15) is 10.1 Å². The molecule has 1 aromatic carbocycles. The molecule has 31 heavy (non-hydrogen) atoms. The average Bonchev–Trinajstić information content (AvgIpc) is 3.23. The van der Waals surface area contributed by atoms with Crippen molar-refractivity contribution in [3.8, 4) is 5.75 Å². The lowest BCUT2D eigenvalue weighted by Gasteiger charge is -2.53. The molecular formula is C23H29N5O2S. The Bertz CT molecular complexity index is 943. The van der Waals surface area contributed by atoms with Gasteiger partial charge in [-0.15, -0.1) is 5.10 Å². The van der Waals surface area contributed by atoms with Gasteiger partial charge in [-0.1, -0.05) is 11.8 Å². The van der Waals surface area contributed by atoms with Crippen molar-refractivity contribution < 1.29 is 9.53 Å². The van der Waals surface area contributed by atoms with E-state index in [9.17, 15) is 4.79 Å². The molecule has 1 heterocycles. The third-order valence-electron chi connectivity index (χ3n) is 7.24. The summed E-state index contributed by atoms with van der Waals surface area (Å²) in [5.74, 6) is 5.44. The zero-order valence-electron chi connectivity index (χ0n) is 18.0. The minimum Gasteiger partial charge on any atom is -0.497 e. The van der Waals surface area contributed by atoms with E-state index >= 15 is 0 Å². The Balaban J connectivity index is 1.14. The van der Waals surface area contributed by atoms with Gasteiger partial charge < -0.3 is 4.74 Å². The summed E-state index contributed by atoms with van der Waals surface area (Å²) >= 11 is 1.42. The van der Waals surface area contributed by atoms with Crippen LogP contribution in [0.5, 0.6) is 5.75 Å². The minimum absolute atomic E-state index is 0.272. The molecule has 4 aliphatic rings. The van der Waals surface area contributed by atoms with E-state index in [1.807, 2.05) is 31.2 Å². The number of nitrogens with one attached hydrogen (secondary N) is 2. The summed E-state index contributed by atoms with van der Waals surface area (Å²) < 4.78 is 5.18. The number of hydrogen-bond donors (Lipinski definition) is 2. The monoisotopic (exact) mass is 439 g/mol. The third kappa shape index (κ3) is 4.35. The smallest absolute Gasteiger partial charge is 0.240 e. The summed E-state index contributed by atoms with van der Waals surface area (Å²) in [5.41, 5.74) is 4.73. The molecule has 2 aromatic rings. The third-order valence-corrected chi connectivity index (χ3v) is 8.11. The van der Waals surface area contributed by atoms with E-state index in [0.29, 0.717) is 34.5 Å². The van der Waals surface area contributed by atoms with Gasteiger partial charge in [0.2, 0.25) is 11.1 Å². The van der Waals surface area contributed by atoms with Crippen LogP contribution >= 0.6 is 11.8 Å². The van der Waals surface area contributed by atoms with E-state index in [1.165, 1.54) is 43.9 Å². The number of hydrazone groups is 1. The van der Waals surface area contributed by atoms with Crippen molar-refractivity contribution in [3.63, 3.8) is 0 Å². The molecule has 6 rings (SSSR count). The van der Waals surface area contributed by atoms with Crippen molar-refractivity contribution >= 4 is 29.2 Å². The maximum atomic E-state index is 13.0. The van der Waals surface area contributed by atoms with E-state index in [-0.39, 0.29) is 5.92 Å². The quantitative estimate of drug-likeness (QED) is 0.360. The zero-order chi connectivity index (χ0) is 21.4. The number of methoxy groups -OCH3 is 1. The van der Waals surface area contributed by atoms with Crippen LogP contribution in [0.3, 0.4) is 0 Å². The van der Waals surface area contributed by atoms with Crippen LogP contribution in [0.2, 0.25) is 0 Å². The minimum atomic E-state index is 0.272. The highest BCUT2D eigenvalue weighted by atomic mass is 32.2. The van der Waals surface area contributed by atoms with Gasteiger partial charge in [0.25, 0.3) is 0 Å². The number of carbonyl (C=O) groups excluding carboxylic acids is 1. The summed E-state index contributed by atoms with van der Waals surface area (Å²) in [6, 6.07) is 7.71. The van der Waals surface area contributed by atoms with Gasteiger partial charge in [-0.3, -0.25) is 4.79 Å². The number of rotatable bonds is 8. The Morgan fingerprint density at radius 3 is 2.48 bits per heavy atom. The average molecular weight is 440 g/mol.